The van der Waals surface area contributed by atoms with Gasteiger partial charge in [-0.3, -0.25) is 4.79 Å². The van der Waals surface area contributed by atoms with Gasteiger partial charge in [-0.25, -0.2) is 14.4 Å². The molecule has 0 spiro atoms. The minimum atomic E-state index is -0.832. The second kappa shape index (κ2) is 9.29. The number of nitrogen functional groups attached to an aromatic ring is 1. The van der Waals surface area contributed by atoms with Crippen LogP contribution in [0.2, 0.25) is 0 Å². The van der Waals surface area contributed by atoms with Crippen LogP contribution in [0.25, 0.3) is 22.6 Å². The van der Waals surface area contributed by atoms with Gasteiger partial charge in [-0.2, -0.15) is 0 Å². The maximum Gasteiger partial charge on any atom is 0.328 e. The molecule has 1 amide bonds. The molecule has 0 bridgehead atoms. The van der Waals surface area contributed by atoms with Gasteiger partial charge in [0.25, 0.3) is 0 Å². The normalized spacial score (nSPS) is 11.9. The predicted molar refractivity (Wildman–Crippen MR) is 116 cm³/mol. The molecule has 0 aliphatic carbocycles. The molecule has 1 atom stereocenters. The third-order valence-corrected chi connectivity index (χ3v) is 4.87. The van der Waals surface area contributed by atoms with Gasteiger partial charge in [0.15, 0.2) is 17.3 Å². The van der Waals surface area contributed by atoms with Crippen LogP contribution in [0.3, 0.4) is 0 Å². The Morgan fingerprint density at radius 1 is 1.12 bits per heavy atom. The Morgan fingerprint density at radius 3 is 2.59 bits per heavy atom. The number of imidazole rings is 1. The number of amides is 1. The smallest absolute Gasteiger partial charge is 0.328 e. The third kappa shape index (κ3) is 4.43. The largest absolute Gasteiger partial charge is 0.464 e. The molecular weight excluding hydrogens is 412 g/mol. The summed E-state index contributed by atoms with van der Waals surface area (Å²) in [5.41, 5.74) is 8.35. The van der Waals surface area contributed by atoms with Gasteiger partial charge in [-0.15, -0.1) is 0 Å². The number of anilines is 1. The van der Waals surface area contributed by atoms with Crippen molar-refractivity contribution >= 4 is 28.7 Å². The maximum atomic E-state index is 13.0. The van der Waals surface area contributed by atoms with Crippen molar-refractivity contribution in [3.05, 3.63) is 60.2 Å². The van der Waals surface area contributed by atoms with E-state index in [-0.39, 0.29) is 24.7 Å². The van der Waals surface area contributed by atoms with E-state index in [0.717, 1.165) is 5.56 Å². The van der Waals surface area contributed by atoms with Crippen LogP contribution in [-0.4, -0.2) is 44.4 Å². The van der Waals surface area contributed by atoms with Crippen molar-refractivity contribution in [2.24, 2.45) is 0 Å². The number of carbonyl (C=O) groups is 2. The third-order valence-electron chi connectivity index (χ3n) is 4.87. The van der Waals surface area contributed by atoms with Crippen LogP contribution in [0.5, 0.6) is 0 Å². The van der Waals surface area contributed by atoms with Crippen LogP contribution >= 0.6 is 0 Å². The number of nitrogens with zero attached hydrogens (tertiary/aromatic N) is 4. The lowest BCUT2D eigenvalue weighted by Crippen LogP contribution is -2.44. The highest BCUT2D eigenvalue weighted by Crippen LogP contribution is 2.26. The molecule has 10 nitrogen and oxygen atoms in total. The Balaban J connectivity index is 1.61. The molecule has 4 aromatic rings. The van der Waals surface area contributed by atoms with Gasteiger partial charge in [-0.1, -0.05) is 42.5 Å². The van der Waals surface area contributed by atoms with Gasteiger partial charge >= 0.3 is 5.97 Å². The zero-order valence-electron chi connectivity index (χ0n) is 17.4. The number of benzene rings is 2. The molecule has 0 fully saturated rings. The molecular formula is C22H22N6O4. The Kier molecular flexibility index (Phi) is 6.11. The first kappa shape index (κ1) is 21.0. The minimum absolute atomic E-state index is 0.0652. The quantitative estimate of drug-likeness (QED) is 0.401. The van der Waals surface area contributed by atoms with E-state index in [1.807, 2.05) is 54.6 Å². The Labute approximate surface area is 183 Å². The van der Waals surface area contributed by atoms with Gasteiger partial charge in [0.1, 0.15) is 12.6 Å². The highest BCUT2D eigenvalue weighted by atomic mass is 16.6. The predicted octanol–water partition coefficient (Wildman–Crippen LogP) is 1.96. The number of nitrogens with two attached hydrogens (primary N) is 1. The zero-order chi connectivity index (χ0) is 22.5. The summed E-state index contributed by atoms with van der Waals surface area (Å²) in [6.45, 7) is 1.82. The number of hydrogen-bond acceptors (Lipinski definition) is 8. The van der Waals surface area contributed by atoms with Gasteiger partial charge in [-0.05, 0) is 34.9 Å². The van der Waals surface area contributed by atoms with E-state index in [4.69, 9.17) is 15.1 Å². The highest BCUT2D eigenvalue weighted by Gasteiger charge is 2.25. The summed E-state index contributed by atoms with van der Waals surface area (Å²) in [6.07, 6.45) is 0.309. The molecule has 0 aliphatic heterocycles. The van der Waals surface area contributed by atoms with Crippen molar-refractivity contribution in [2.45, 2.75) is 25.9 Å². The van der Waals surface area contributed by atoms with E-state index < -0.39 is 17.9 Å². The lowest BCUT2D eigenvalue weighted by atomic mass is 10.1. The number of hydrogen-bond donors (Lipinski definition) is 2. The molecule has 0 saturated heterocycles. The van der Waals surface area contributed by atoms with Crippen molar-refractivity contribution in [3.63, 3.8) is 0 Å². The average molecular weight is 434 g/mol. The summed E-state index contributed by atoms with van der Waals surface area (Å²) >= 11 is 0. The number of carbonyl (C=O) groups excluding carboxylic acids is 2. The highest BCUT2D eigenvalue weighted by molar-refractivity contribution is 5.87. The van der Waals surface area contributed by atoms with E-state index in [0.29, 0.717) is 23.3 Å². The zero-order valence-corrected chi connectivity index (χ0v) is 17.4. The SMILES string of the molecule is CCOC(=O)C(Cc1ccccc1)NC(=O)Cn1c(-c2nonc2N)nc2ccccc21. The molecule has 2 aromatic heterocycles. The number of aromatic nitrogens is 4. The summed E-state index contributed by atoms with van der Waals surface area (Å²) in [5, 5.41) is 10.2. The monoisotopic (exact) mass is 434 g/mol. The van der Waals surface area contributed by atoms with E-state index in [2.05, 4.69) is 20.6 Å². The fraction of sp³-hybridized carbons (Fsp3) is 0.227. The van der Waals surface area contributed by atoms with Crippen molar-refractivity contribution in [1.82, 2.24) is 25.2 Å². The summed E-state index contributed by atoms with van der Waals surface area (Å²) < 4.78 is 11.5. The van der Waals surface area contributed by atoms with E-state index in [1.54, 1.807) is 11.5 Å². The number of esters is 1. The summed E-state index contributed by atoms with van der Waals surface area (Å²) in [5.74, 6) is -0.477. The van der Waals surface area contributed by atoms with Gasteiger partial charge in [0.2, 0.25) is 5.91 Å². The van der Waals surface area contributed by atoms with Crippen LogP contribution in [0.1, 0.15) is 12.5 Å². The summed E-state index contributed by atoms with van der Waals surface area (Å²) in [4.78, 5) is 30.0. The molecule has 0 aliphatic rings. The van der Waals surface area contributed by atoms with Gasteiger partial charge in [0.05, 0.1) is 17.6 Å². The minimum Gasteiger partial charge on any atom is -0.464 e. The van der Waals surface area contributed by atoms with E-state index in [9.17, 15) is 9.59 Å². The number of fused-ring (bicyclic) bond motifs is 1. The van der Waals surface area contributed by atoms with Crippen LogP contribution in [-0.2, 0) is 27.3 Å². The molecule has 0 saturated carbocycles. The Hall–Kier alpha value is -4.21. The molecule has 0 radical (unpaired) electrons. The average Bonchev–Trinajstić information content (AvgIpc) is 3.37. The fourth-order valence-electron chi connectivity index (χ4n) is 3.44. The molecule has 2 aromatic carbocycles. The van der Waals surface area contributed by atoms with E-state index in [1.165, 1.54) is 0 Å². The lowest BCUT2D eigenvalue weighted by Gasteiger charge is -2.18. The number of nitrogens with one attached hydrogen (secondary N) is 1. The summed E-state index contributed by atoms with van der Waals surface area (Å²) in [6, 6.07) is 15.9. The first-order chi connectivity index (χ1) is 15.6. The number of rotatable bonds is 8. The van der Waals surface area contributed by atoms with Crippen LogP contribution in [0.4, 0.5) is 5.82 Å². The van der Waals surface area contributed by atoms with Crippen LogP contribution in [0.15, 0.2) is 59.2 Å². The van der Waals surface area contributed by atoms with Gasteiger partial charge < -0.3 is 20.4 Å². The Morgan fingerprint density at radius 2 is 1.88 bits per heavy atom. The van der Waals surface area contributed by atoms with Crippen molar-refractivity contribution in [3.8, 4) is 11.5 Å². The standard InChI is InChI=1S/C22H22N6O4/c1-2-31-22(30)16(12-14-8-4-3-5-9-14)24-18(29)13-28-17-11-7-6-10-15(17)25-21(28)19-20(23)27-32-26-19/h3-11,16H,2,12-13H2,1H3,(H2,23,27)(H,24,29). The molecule has 3 N–H and O–H groups in total. The molecule has 164 valence electrons. The Bertz CT molecular complexity index is 1230. The lowest BCUT2D eigenvalue weighted by molar-refractivity contribution is -0.147. The fourth-order valence-corrected chi connectivity index (χ4v) is 3.44. The van der Waals surface area contributed by atoms with Crippen molar-refractivity contribution in [1.29, 1.82) is 0 Å². The van der Waals surface area contributed by atoms with Gasteiger partial charge in [0, 0.05) is 6.42 Å². The molecule has 1 unspecified atom stereocenters. The molecule has 2 heterocycles. The van der Waals surface area contributed by atoms with Crippen molar-refractivity contribution in [2.75, 3.05) is 12.3 Å². The first-order valence-corrected chi connectivity index (χ1v) is 10.1. The molecule has 32 heavy (non-hydrogen) atoms. The number of para-hydroxylation sites is 2. The second-order valence-electron chi connectivity index (χ2n) is 7.07. The topological polar surface area (TPSA) is 138 Å². The maximum absolute atomic E-state index is 13.0. The first-order valence-electron chi connectivity index (χ1n) is 10.1. The molecule has 10 heteroatoms. The van der Waals surface area contributed by atoms with E-state index >= 15 is 0 Å². The summed E-state index contributed by atoms with van der Waals surface area (Å²) in [7, 11) is 0. The second-order valence-corrected chi connectivity index (χ2v) is 7.07. The van der Waals surface area contributed by atoms with Crippen LogP contribution < -0.4 is 11.1 Å². The molecule has 4 rings (SSSR count). The van der Waals surface area contributed by atoms with Crippen LogP contribution in [0, 0.1) is 0 Å². The number of ether oxygens (including phenoxy) is 1. The van der Waals surface area contributed by atoms with Crippen molar-refractivity contribution < 1.29 is 19.0 Å².